The lowest BCUT2D eigenvalue weighted by Crippen LogP contribution is -2.62. The van der Waals surface area contributed by atoms with E-state index in [4.69, 9.17) is 14.2 Å². The molecule has 0 aromatic carbocycles. The lowest BCUT2D eigenvalue weighted by molar-refractivity contribution is -0.585. The Kier molecular flexibility index (Phi) is 5.92. The molecule has 0 radical (unpaired) electrons. The second-order valence-electron chi connectivity index (χ2n) is 6.54. The molecule has 1 unspecified atom stereocenters. The van der Waals surface area contributed by atoms with Crippen LogP contribution in [-0.4, -0.2) is 48.3 Å². The molecule has 8 nitrogen and oxygen atoms in total. The van der Waals surface area contributed by atoms with Gasteiger partial charge in [-0.1, -0.05) is 0 Å². The second kappa shape index (κ2) is 7.57. The van der Waals surface area contributed by atoms with Crippen molar-refractivity contribution in [1.29, 1.82) is 0 Å². The molecule has 2 aliphatic rings. The van der Waals surface area contributed by atoms with Gasteiger partial charge in [0.2, 0.25) is 0 Å². The Morgan fingerprint density at radius 1 is 1.46 bits per heavy atom. The number of esters is 1. The van der Waals surface area contributed by atoms with Crippen LogP contribution in [-0.2, 0) is 23.8 Å². The smallest absolute Gasteiger partial charge is 0.327 e. The molecule has 0 aromatic rings. The van der Waals surface area contributed by atoms with Gasteiger partial charge < -0.3 is 14.2 Å². The van der Waals surface area contributed by atoms with Crippen LogP contribution >= 0.6 is 0 Å². The number of Topliss-reactive ketones (excluding diaryl/α,β-unsaturated/α-hetero) is 1. The fraction of sp³-hybridized carbons (Fsp3) is 0.875. The van der Waals surface area contributed by atoms with E-state index in [0.29, 0.717) is 19.4 Å². The third-order valence-electron chi connectivity index (χ3n) is 5.07. The van der Waals surface area contributed by atoms with Crippen LogP contribution in [0.3, 0.4) is 0 Å². The molecule has 0 N–H and O–H groups in total. The highest BCUT2D eigenvalue weighted by Crippen LogP contribution is 2.47. The van der Waals surface area contributed by atoms with Crippen LogP contribution in [0.15, 0.2) is 0 Å². The van der Waals surface area contributed by atoms with Gasteiger partial charge in [-0.05, 0) is 39.0 Å². The number of carbonyl (C=O) groups is 2. The normalized spacial score (nSPS) is 29.9. The van der Waals surface area contributed by atoms with Crippen LogP contribution in [0.2, 0.25) is 0 Å². The van der Waals surface area contributed by atoms with Gasteiger partial charge in [0.05, 0.1) is 6.61 Å². The minimum absolute atomic E-state index is 0.0637. The first-order valence-corrected chi connectivity index (χ1v) is 8.46. The van der Waals surface area contributed by atoms with Gasteiger partial charge in [0, 0.05) is 24.9 Å². The van der Waals surface area contributed by atoms with E-state index in [0.717, 1.165) is 12.8 Å². The largest absolute Gasteiger partial charge is 0.465 e. The SMILES string of the molecule is CCOC(=O)[C@]1([C@](C)(COC2CCCCO2)[N+](=O)[O-])CCCC1=O. The molecule has 0 amide bonds. The zero-order chi connectivity index (χ0) is 17.8. The van der Waals surface area contributed by atoms with E-state index in [9.17, 15) is 19.7 Å². The van der Waals surface area contributed by atoms with E-state index in [2.05, 4.69) is 0 Å². The number of nitrogens with zero attached hydrogens (tertiary/aromatic N) is 1. The standard InChI is InChI=1S/C16H25NO7/c1-3-22-14(19)16(9-6-7-12(16)18)15(2,17(20)21)11-24-13-8-4-5-10-23-13/h13H,3-11H2,1-2H3/t13?,15-,16-/m0/s1. The molecule has 0 bridgehead atoms. The summed E-state index contributed by atoms with van der Waals surface area (Å²) in [6, 6.07) is 0. The summed E-state index contributed by atoms with van der Waals surface area (Å²) in [6.07, 6.45) is 2.64. The van der Waals surface area contributed by atoms with Crippen molar-refractivity contribution in [1.82, 2.24) is 0 Å². The van der Waals surface area contributed by atoms with Gasteiger partial charge in [0.1, 0.15) is 6.61 Å². The van der Waals surface area contributed by atoms with Crippen LogP contribution < -0.4 is 0 Å². The summed E-state index contributed by atoms with van der Waals surface area (Å²) in [6.45, 7) is 3.15. The third-order valence-corrected chi connectivity index (χ3v) is 5.07. The Morgan fingerprint density at radius 3 is 2.71 bits per heavy atom. The molecule has 1 saturated carbocycles. The zero-order valence-electron chi connectivity index (χ0n) is 14.2. The maximum absolute atomic E-state index is 12.5. The van der Waals surface area contributed by atoms with Gasteiger partial charge >= 0.3 is 5.97 Å². The average Bonchev–Trinajstić information content (AvgIpc) is 2.96. The number of ether oxygens (including phenoxy) is 3. The third kappa shape index (κ3) is 3.17. The molecule has 1 aliphatic heterocycles. The lowest BCUT2D eigenvalue weighted by Gasteiger charge is -2.36. The number of hydrogen-bond donors (Lipinski definition) is 0. The van der Waals surface area contributed by atoms with Crippen molar-refractivity contribution in [3.05, 3.63) is 10.1 Å². The van der Waals surface area contributed by atoms with E-state index >= 15 is 0 Å². The summed E-state index contributed by atoms with van der Waals surface area (Å²) in [5, 5.41) is 11.9. The molecule has 136 valence electrons. The van der Waals surface area contributed by atoms with Crippen molar-refractivity contribution in [2.24, 2.45) is 5.41 Å². The van der Waals surface area contributed by atoms with Gasteiger partial charge in [-0.2, -0.15) is 0 Å². The molecule has 1 heterocycles. The Balaban J connectivity index is 2.28. The van der Waals surface area contributed by atoms with E-state index in [1.54, 1.807) is 6.92 Å². The Labute approximate surface area is 141 Å². The van der Waals surface area contributed by atoms with Crippen LogP contribution in [0, 0.1) is 15.5 Å². The molecule has 2 rings (SSSR count). The van der Waals surface area contributed by atoms with Crippen LogP contribution in [0.25, 0.3) is 0 Å². The molecule has 3 atom stereocenters. The average molecular weight is 343 g/mol. The minimum Gasteiger partial charge on any atom is -0.465 e. The minimum atomic E-state index is -1.88. The van der Waals surface area contributed by atoms with Gasteiger partial charge in [0.25, 0.3) is 5.54 Å². The summed E-state index contributed by atoms with van der Waals surface area (Å²) in [5.41, 5.74) is -3.67. The fourth-order valence-electron chi connectivity index (χ4n) is 3.56. The van der Waals surface area contributed by atoms with Crippen molar-refractivity contribution < 1.29 is 28.7 Å². The Bertz CT molecular complexity index is 503. The molecule has 1 saturated heterocycles. The van der Waals surface area contributed by atoms with E-state index in [1.807, 2.05) is 0 Å². The maximum atomic E-state index is 12.5. The van der Waals surface area contributed by atoms with Crippen LogP contribution in [0.1, 0.15) is 52.4 Å². The van der Waals surface area contributed by atoms with Crippen molar-refractivity contribution >= 4 is 11.8 Å². The second-order valence-corrected chi connectivity index (χ2v) is 6.54. The summed E-state index contributed by atoms with van der Waals surface area (Å²) < 4.78 is 16.1. The van der Waals surface area contributed by atoms with Crippen molar-refractivity contribution in [2.75, 3.05) is 19.8 Å². The number of carbonyl (C=O) groups excluding carboxylic acids is 2. The Hall–Kier alpha value is -1.54. The van der Waals surface area contributed by atoms with Gasteiger partial charge in [-0.3, -0.25) is 19.7 Å². The summed E-state index contributed by atoms with van der Waals surface area (Å²) in [7, 11) is 0. The summed E-state index contributed by atoms with van der Waals surface area (Å²) in [4.78, 5) is 36.4. The van der Waals surface area contributed by atoms with Gasteiger partial charge in [-0.25, -0.2) is 0 Å². The van der Waals surface area contributed by atoms with Crippen molar-refractivity contribution in [3.63, 3.8) is 0 Å². The predicted octanol–water partition coefficient (Wildman–Crippen LogP) is 1.87. The zero-order valence-corrected chi connectivity index (χ0v) is 14.2. The van der Waals surface area contributed by atoms with E-state index in [1.165, 1.54) is 6.92 Å². The highest BCUT2D eigenvalue weighted by atomic mass is 16.7. The van der Waals surface area contributed by atoms with E-state index < -0.39 is 33.9 Å². The summed E-state index contributed by atoms with van der Waals surface area (Å²) in [5.74, 6) is -1.26. The molecular weight excluding hydrogens is 318 g/mol. The summed E-state index contributed by atoms with van der Waals surface area (Å²) >= 11 is 0. The molecule has 0 aromatic heterocycles. The van der Waals surface area contributed by atoms with Crippen molar-refractivity contribution in [3.8, 4) is 0 Å². The van der Waals surface area contributed by atoms with Gasteiger partial charge in [-0.15, -0.1) is 0 Å². The fourth-order valence-corrected chi connectivity index (χ4v) is 3.56. The lowest BCUT2D eigenvalue weighted by atomic mass is 9.68. The molecule has 2 fully saturated rings. The molecule has 8 heteroatoms. The van der Waals surface area contributed by atoms with Crippen LogP contribution in [0.5, 0.6) is 0 Å². The first-order valence-electron chi connectivity index (χ1n) is 8.46. The predicted molar refractivity (Wildman–Crippen MR) is 82.9 cm³/mol. The monoisotopic (exact) mass is 343 g/mol. The number of hydrogen-bond acceptors (Lipinski definition) is 7. The topological polar surface area (TPSA) is 105 Å². The highest BCUT2D eigenvalue weighted by molar-refractivity contribution is 6.06. The number of nitro groups is 1. The van der Waals surface area contributed by atoms with Crippen molar-refractivity contribution in [2.45, 2.75) is 64.2 Å². The van der Waals surface area contributed by atoms with E-state index in [-0.39, 0.29) is 26.1 Å². The highest BCUT2D eigenvalue weighted by Gasteiger charge is 2.69. The Morgan fingerprint density at radius 2 is 2.21 bits per heavy atom. The molecule has 1 aliphatic carbocycles. The van der Waals surface area contributed by atoms with Gasteiger partial charge in [0.15, 0.2) is 17.5 Å². The molecular formula is C16H25NO7. The van der Waals surface area contributed by atoms with Crippen LogP contribution in [0.4, 0.5) is 0 Å². The first kappa shape index (κ1) is 18.8. The molecule has 24 heavy (non-hydrogen) atoms. The first-order chi connectivity index (χ1) is 11.4. The maximum Gasteiger partial charge on any atom is 0.327 e. The quantitative estimate of drug-likeness (QED) is 0.301. The molecule has 0 spiro atoms. The number of rotatable bonds is 7. The number of ketones is 1.